The Bertz CT molecular complexity index is 692. The molecule has 5 nitrogen and oxygen atoms in total. The van der Waals surface area contributed by atoms with Crippen molar-refractivity contribution in [3.63, 3.8) is 0 Å². The fourth-order valence-electron chi connectivity index (χ4n) is 4.03. The highest BCUT2D eigenvalue weighted by atomic mass is 16.6. The van der Waals surface area contributed by atoms with E-state index in [0.717, 1.165) is 36.1 Å². The summed E-state index contributed by atoms with van der Waals surface area (Å²) in [6.07, 6.45) is 2.89. The molecule has 5 heteroatoms. The monoisotopic (exact) mass is 375 g/mol. The summed E-state index contributed by atoms with van der Waals surface area (Å²) in [6, 6.07) is 6.29. The van der Waals surface area contributed by atoms with Crippen molar-refractivity contribution < 1.29 is 19.0 Å². The minimum Gasteiger partial charge on any atom is -0.487 e. The van der Waals surface area contributed by atoms with Crippen LogP contribution in [-0.2, 0) is 15.9 Å². The second kappa shape index (κ2) is 7.34. The summed E-state index contributed by atoms with van der Waals surface area (Å²) >= 11 is 0. The molecule has 1 fully saturated rings. The number of amides is 1. The lowest BCUT2D eigenvalue weighted by Crippen LogP contribution is -2.48. The predicted molar refractivity (Wildman–Crippen MR) is 105 cm³/mol. The normalized spacial score (nSPS) is 26.4. The molecule has 0 aromatic heterocycles. The maximum atomic E-state index is 11.8. The smallest absolute Gasteiger partial charge is 0.407 e. The zero-order valence-electron chi connectivity index (χ0n) is 17.4. The molecule has 150 valence electrons. The van der Waals surface area contributed by atoms with Gasteiger partial charge in [-0.15, -0.1) is 0 Å². The van der Waals surface area contributed by atoms with E-state index < -0.39 is 5.60 Å². The van der Waals surface area contributed by atoms with Gasteiger partial charge in [-0.05, 0) is 78.5 Å². The Morgan fingerprint density at radius 2 is 2.04 bits per heavy atom. The van der Waals surface area contributed by atoms with Crippen LogP contribution < -0.4 is 10.1 Å². The van der Waals surface area contributed by atoms with Crippen LogP contribution in [0.1, 0.15) is 71.6 Å². The molecule has 0 saturated carbocycles. The first kappa shape index (κ1) is 20.0. The summed E-state index contributed by atoms with van der Waals surface area (Å²) in [5.74, 6) is 1.27. The lowest BCUT2D eigenvalue weighted by molar-refractivity contribution is -0.144. The van der Waals surface area contributed by atoms with E-state index in [1.54, 1.807) is 0 Å². The molecule has 3 atom stereocenters. The molecule has 3 rings (SSSR count). The zero-order chi connectivity index (χ0) is 19.8. The standard InChI is InChI=1S/C22H33NO4/c1-14-7-9-17-19(25-14)16-13-15(8-10-18(16)26-22(17,5)6)11-12-23-20(24)27-21(2,3)4/h8,10,13-14,17,19H,7,9,11-12H2,1-6H3,(H,23,24)/t14-,17-,19+/m0/s1. The van der Waals surface area contributed by atoms with Crippen molar-refractivity contribution in [3.05, 3.63) is 29.3 Å². The van der Waals surface area contributed by atoms with Gasteiger partial charge < -0.3 is 19.5 Å². The molecule has 0 aliphatic carbocycles. The fraction of sp³-hybridized carbons (Fsp3) is 0.682. The van der Waals surface area contributed by atoms with Crippen molar-refractivity contribution in [2.75, 3.05) is 6.54 Å². The number of fused-ring (bicyclic) bond motifs is 3. The maximum absolute atomic E-state index is 11.8. The van der Waals surface area contributed by atoms with Gasteiger partial charge in [-0.1, -0.05) is 6.07 Å². The van der Waals surface area contributed by atoms with Crippen LogP contribution in [0.15, 0.2) is 18.2 Å². The molecule has 0 radical (unpaired) electrons. The fourth-order valence-corrected chi connectivity index (χ4v) is 4.03. The third kappa shape index (κ3) is 4.75. The SMILES string of the molecule is C[C@H]1CC[C@H]2[C@H](O1)c1cc(CCNC(=O)OC(C)(C)C)ccc1OC2(C)C. The molecule has 0 bridgehead atoms. The highest BCUT2D eigenvalue weighted by Gasteiger charge is 2.46. The van der Waals surface area contributed by atoms with Crippen LogP contribution in [0, 0.1) is 5.92 Å². The Morgan fingerprint density at radius 3 is 2.74 bits per heavy atom. The number of hydrogen-bond acceptors (Lipinski definition) is 4. The summed E-state index contributed by atoms with van der Waals surface area (Å²) in [6.45, 7) is 12.6. The van der Waals surface area contributed by atoms with E-state index in [1.165, 1.54) is 0 Å². The van der Waals surface area contributed by atoms with Gasteiger partial charge in [0.05, 0.1) is 12.2 Å². The summed E-state index contributed by atoms with van der Waals surface area (Å²) in [7, 11) is 0. The third-order valence-corrected chi connectivity index (χ3v) is 5.36. The molecule has 1 amide bonds. The number of ether oxygens (including phenoxy) is 3. The van der Waals surface area contributed by atoms with Gasteiger partial charge in [0.2, 0.25) is 0 Å². The van der Waals surface area contributed by atoms with Crippen molar-refractivity contribution in [1.82, 2.24) is 5.32 Å². The topological polar surface area (TPSA) is 56.8 Å². The van der Waals surface area contributed by atoms with Crippen LogP contribution in [0.3, 0.4) is 0 Å². The number of carbonyl (C=O) groups is 1. The average Bonchev–Trinajstić information content (AvgIpc) is 2.53. The largest absolute Gasteiger partial charge is 0.487 e. The van der Waals surface area contributed by atoms with Crippen molar-refractivity contribution in [3.8, 4) is 5.75 Å². The molecule has 1 aromatic carbocycles. The van der Waals surface area contributed by atoms with Gasteiger partial charge >= 0.3 is 6.09 Å². The van der Waals surface area contributed by atoms with E-state index >= 15 is 0 Å². The highest BCUT2D eigenvalue weighted by molar-refractivity contribution is 5.67. The molecular weight excluding hydrogens is 342 g/mol. The average molecular weight is 376 g/mol. The minimum absolute atomic E-state index is 0.0752. The second-order valence-corrected chi connectivity index (χ2v) is 9.31. The van der Waals surface area contributed by atoms with Crippen molar-refractivity contribution in [2.45, 2.75) is 84.2 Å². The molecule has 0 spiro atoms. The summed E-state index contributed by atoms with van der Waals surface area (Å²) < 4.78 is 17.9. The van der Waals surface area contributed by atoms with E-state index in [2.05, 4.69) is 38.2 Å². The van der Waals surface area contributed by atoms with Gasteiger partial charge in [0.15, 0.2) is 0 Å². The molecule has 27 heavy (non-hydrogen) atoms. The molecular formula is C22H33NO4. The van der Waals surface area contributed by atoms with Crippen LogP contribution >= 0.6 is 0 Å². The highest BCUT2D eigenvalue weighted by Crippen LogP contribution is 2.50. The Labute approximate surface area is 162 Å². The van der Waals surface area contributed by atoms with Gasteiger partial charge in [0, 0.05) is 18.0 Å². The lowest BCUT2D eigenvalue weighted by Gasteiger charge is -2.48. The van der Waals surface area contributed by atoms with Crippen molar-refractivity contribution in [2.24, 2.45) is 5.92 Å². The van der Waals surface area contributed by atoms with Gasteiger partial charge in [0.1, 0.15) is 17.0 Å². The molecule has 1 saturated heterocycles. The van der Waals surface area contributed by atoms with Gasteiger partial charge in [-0.2, -0.15) is 0 Å². The Kier molecular flexibility index (Phi) is 5.44. The molecule has 2 aliphatic rings. The molecule has 2 aliphatic heterocycles. The molecule has 1 aromatic rings. The van der Waals surface area contributed by atoms with Crippen molar-refractivity contribution in [1.29, 1.82) is 0 Å². The van der Waals surface area contributed by atoms with E-state index in [1.807, 2.05) is 26.8 Å². The minimum atomic E-state index is -0.482. The Hall–Kier alpha value is -1.75. The van der Waals surface area contributed by atoms with E-state index in [-0.39, 0.29) is 23.9 Å². The molecule has 0 unspecified atom stereocenters. The molecule has 2 heterocycles. The van der Waals surface area contributed by atoms with Crippen molar-refractivity contribution >= 4 is 6.09 Å². The first-order chi connectivity index (χ1) is 12.5. The first-order valence-electron chi connectivity index (χ1n) is 9.99. The Balaban J connectivity index is 1.69. The first-order valence-corrected chi connectivity index (χ1v) is 9.99. The number of rotatable bonds is 3. The summed E-state index contributed by atoms with van der Waals surface area (Å²) in [4.78, 5) is 11.8. The van der Waals surface area contributed by atoms with Crippen LogP contribution in [0.25, 0.3) is 0 Å². The van der Waals surface area contributed by atoms with E-state index in [9.17, 15) is 4.79 Å². The number of hydrogen-bond donors (Lipinski definition) is 1. The summed E-state index contributed by atoms with van der Waals surface area (Å²) in [5, 5.41) is 2.82. The maximum Gasteiger partial charge on any atom is 0.407 e. The lowest BCUT2D eigenvalue weighted by atomic mass is 9.75. The third-order valence-electron chi connectivity index (χ3n) is 5.36. The summed E-state index contributed by atoms with van der Waals surface area (Å²) in [5.41, 5.74) is 1.59. The van der Waals surface area contributed by atoms with Gasteiger partial charge in [-0.25, -0.2) is 4.79 Å². The Morgan fingerprint density at radius 1 is 1.30 bits per heavy atom. The predicted octanol–water partition coefficient (Wildman–Crippen LogP) is 4.78. The molecule has 1 N–H and O–H groups in total. The van der Waals surface area contributed by atoms with Crippen LogP contribution in [0.2, 0.25) is 0 Å². The van der Waals surface area contributed by atoms with Crippen LogP contribution in [0.5, 0.6) is 5.75 Å². The number of carbonyl (C=O) groups excluding carboxylic acids is 1. The number of alkyl carbamates (subject to hydrolysis) is 1. The van der Waals surface area contributed by atoms with Gasteiger partial charge in [-0.3, -0.25) is 0 Å². The van der Waals surface area contributed by atoms with Crippen LogP contribution in [-0.4, -0.2) is 29.9 Å². The van der Waals surface area contributed by atoms with Gasteiger partial charge in [0.25, 0.3) is 0 Å². The zero-order valence-corrected chi connectivity index (χ0v) is 17.4. The quantitative estimate of drug-likeness (QED) is 0.826. The number of benzene rings is 1. The van der Waals surface area contributed by atoms with E-state index in [0.29, 0.717) is 12.5 Å². The van der Waals surface area contributed by atoms with Crippen LogP contribution in [0.4, 0.5) is 4.79 Å². The second-order valence-electron chi connectivity index (χ2n) is 9.31. The van der Waals surface area contributed by atoms with E-state index in [4.69, 9.17) is 14.2 Å². The number of nitrogens with one attached hydrogen (secondary N) is 1.